The smallest absolute Gasteiger partial charge is 0.335 e. The minimum atomic E-state index is -0.449. The summed E-state index contributed by atoms with van der Waals surface area (Å²) in [7, 11) is 0. The minimum absolute atomic E-state index is 0.359. The van der Waals surface area contributed by atoms with E-state index in [-0.39, 0.29) is 5.97 Å². The van der Waals surface area contributed by atoms with E-state index in [1.165, 1.54) is 28.3 Å². The lowest BCUT2D eigenvalue weighted by molar-refractivity contribution is -0.137. The molecule has 0 radical (unpaired) electrons. The van der Waals surface area contributed by atoms with E-state index in [1.807, 2.05) is 36.4 Å². The van der Waals surface area contributed by atoms with E-state index >= 15 is 0 Å². The van der Waals surface area contributed by atoms with Crippen LogP contribution in [0.1, 0.15) is 47.9 Å². The lowest BCUT2D eigenvalue weighted by Crippen LogP contribution is -2.03. The third-order valence-electron chi connectivity index (χ3n) is 6.38. The third-order valence-corrected chi connectivity index (χ3v) is 6.38. The highest BCUT2D eigenvalue weighted by Crippen LogP contribution is 2.17. The number of aryl methyl sites for hydroxylation is 4. The summed E-state index contributed by atoms with van der Waals surface area (Å²) in [4.78, 5) is 22.3. The molecule has 5 nitrogen and oxygen atoms in total. The third kappa shape index (κ3) is 11.4. The van der Waals surface area contributed by atoms with Crippen LogP contribution in [0.4, 0.5) is 0 Å². The number of hydrogen-bond donors (Lipinski definition) is 0. The van der Waals surface area contributed by atoms with E-state index < -0.39 is 5.97 Å². The van der Waals surface area contributed by atoms with Crippen LogP contribution >= 0.6 is 0 Å². The number of carbonyl (C=O) groups excluding carboxylic acids is 2. The molecular weight excluding hydrogens is 488 g/mol. The van der Waals surface area contributed by atoms with Gasteiger partial charge in [-0.25, -0.2) is 9.59 Å². The molecule has 0 bridgehead atoms. The summed E-state index contributed by atoms with van der Waals surface area (Å²) < 4.78 is 15.9. The highest BCUT2D eigenvalue weighted by molar-refractivity contribution is 5.83. The first-order chi connectivity index (χ1) is 19.1. The molecule has 0 amide bonds. The van der Waals surface area contributed by atoms with Gasteiger partial charge in [0.1, 0.15) is 11.5 Å². The number of unbranched alkanes of at least 4 members (excludes halogenated alkanes) is 3. The van der Waals surface area contributed by atoms with Crippen LogP contribution < -0.4 is 9.47 Å². The van der Waals surface area contributed by atoms with E-state index in [2.05, 4.69) is 49.6 Å². The molecule has 39 heavy (non-hydrogen) atoms. The average molecular weight is 527 g/mol. The fourth-order valence-electron chi connectivity index (χ4n) is 4.06. The molecule has 0 spiro atoms. The van der Waals surface area contributed by atoms with Crippen molar-refractivity contribution >= 4 is 11.9 Å². The van der Waals surface area contributed by atoms with E-state index in [0.717, 1.165) is 63.2 Å². The quantitative estimate of drug-likeness (QED) is 0.0819. The highest BCUT2D eigenvalue weighted by Gasteiger charge is 2.03. The van der Waals surface area contributed by atoms with E-state index in [1.54, 1.807) is 0 Å². The molecule has 0 unspecified atom stereocenters. The zero-order chi connectivity index (χ0) is 27.7. The number of carbonyl (C=O) groups is 2. The van der Waals surface area contributed by atoms with Crippen molar-refractivity contribution in [2.24, 2.45) is 0 Å². The molecule has 0 aromatic heterocycles. The van der Waals surface area contributed by atoms with Gasteiger partial charge in [-0.05, 0) is 97.9 Å². The Bertz CT molecular complexity index is 1180. The largest absolute Gasteiger partial charge is 0.494 e. The summed E-state index contributed by atoms with van der Waals surface area (Å²) in [5.41, 5.74) is 5.13. The van der Waals surface area contributed by atoms with Crippen LogP contribution in [-0.4, -0.2) is 25.2 Å². The molecule has 0 aliphatic heterocycles. The molecule has 3 aromatic carbocycles. The second kappa shape index (κ2) is 16.7. The fourth-order valence-corrected chi connectivity index (χ4v) is 4.06. The molecule has 0 heterocycles. The van der Waals surface area contributed by atoms with Crippen LogP contribution in [-0.2, 0) is 40.0 Å². The Labute approximate surface area is 232 Å². The number of rotatable bonds is 17. The monoisotopic (exact) mass is 526 g/mol. The molecule has 0 aliphatic carbocycles. The SMILES string of the molecule is C=CC(=O)OCCCCCCOc1ccc(CCc2ccc(CCc3ccc(OC(=O)C=C)cc3)cc2)cc1. The molecule has 3 rings (SSSR count). The molecule has 0 saturated heterocycles. The lowest BCUT2D eigenvalue weighted by atomic mass is 10.0. The van der Waals surface area contributed by atoms with Gasteiger partial charge in [0.2, 0.25) is 0 Å². The molecule has 3 aromatic rings. The van der Waals surface area contributed by atoms with Crippen molar-refractivity contribution in [2.45, 2.75) is 51.4 Å². The van der Waals surface area contributed by atoms with E-state index in [9.17, 15) is 9.59 Å². The van der Waals surface area contributed by atoms with Crippen molar-refractivity contribution < 1.29 is 23.8 Å². The van der Waals surface area contributed by atoms with Crippen LogP contribution in [0, 0.1) is 0 Å². The van der Waals surface area contributed by atoms with Gasteiger partial charge in [-0.15, -0.1) is 0 Å². The van der Waals surface area contributed by atoms with Gasteiger partial charge in [0.05, 0.1) is 13.2 Å². The van der Waals surface area contributed by atoms with Crippen molar-refractivity contribution in [3.63, 3.8) is 0 Å². The van der Waals surface area contributed by atoms with Crippen molar-refractivity contribution in [3.05, 3.63) is 120 Å². The zero-order valence-corrected chi connectivity index (χ0v) is 22.6. The van der Waals surface area contributed by atoms with Crippen molar-refractivity contribution in [1.29, 1.82) is 0 Å². The van der Waals surface area contributed by atoms with Crippen LogP contribution in [0.2, 0.25) is 0 Å². The predicted molar refractivity (Wildman–Crippen MR) is 155 cm³/mol. The Hall–Kier alpha value is -4.12. The van der Waals surface area contributed by atoms with Gasteiger partial charge < -0.3 is 14.2 Å². The van der Waals surface area contributed by atoms with Crippen molar-refractivity contribution in [2.75, 3.05) is 13.2 Å². The predicted octanol–water partition coefficient (Wildman–Crippen LogP) is 7.02. The maximum atomic E-state index is 11.3. The summed E-state index contributed by atoms with van der Waals surface area (Å²) in [5.74, 6) is 0.623. The maximum absolute atomic E-state index is 11.3. The first-order valence-electron chi connectivity index (χ1n) is 13.6. The molecular formula is C34H38O5. The van der Waals surface area contributed by atoms with Crippen molar-refractivity contribution in [3.8, 4) is 11.5 Å². The summed E-state index contributed by atoms with van der Waals surface area (Å²) in [6.07, 6.45) is 10.1. The Morgan fingerprint density at radius 3 is 1.41 bits per heavy atom. The summed E-state index contributed by atoms with van der Waals surface area (Å²) in [6, 6.07) is 24.8. The molecule has 0 fully saturated rings. The zero-order valence-electron chi connectivity index (χ0n) is 22.6. The fraction of sp³-hybridized carbons (Fsp3) is 0.294. The second-order valence-electron chi connectivity index (χ2n) is 9.36. The second-order valence-corrected chi connectivity index (χ2v) is 9.36. The normalized spacial score (nSPS) is 10.5. The van der Waals surface area contributed by atoms with Gasteiger partial charge in [0.25, 0.3) is 0 Å². The molecule has 204 valence electrons. The van der Waals surface area contributed by atoms with E-state index in [0.29, 0.717) is 19.0 Å². The van der Waals surface area contributed by atoms with Crippen LogP contribution in [0.25, 0.3) is 0 Å². The number of hydrogen-bond acceptors (Lipinski definition) is 5. The molecule has 5 heteroatoms. The molecule has 0 N–H and O–H groups in total. The number of benzene rings is 3. The minimum Gasteiger partial charge on any atom is -0.494 e. The topological polar surface area (TPSA) is 61.8 Å². The van der Waals surface area contributed by atoms with Gasteiger partial charge in [-0.3, -0.25) is 0 Å². The van der Waals surface area contributed by atoms with Crippen LogP contribution in [0.5, 0.6) is 11.5 Å². The first-order valence-corrected chi connectivity index (χ1v) is 13.6. The summed E-state index contributed by atoms with van der Waals surface area (Å²) >= 11 is 0. The maximum Gasteiger partial charge on any atom is 0.335 e. The standard InChI is InChI=1S/C34H38O5/c1-3-33(35)38-26-8-6-5-7-25-37-31-21-17-29(18-22-31)15-13-27-9-11-28(12-10-27)14-16-30-19-23-32(24-20-30)39-34(36)4-2/h3-4,9-12,17-24H,1-2,5-8,13-16,25-26H2. The van der Waals surface area contributed by atoms with Gasteiger partial charge in [0.15, 0.2) is 0 Å². The summed E-state index contributed by atoms with van der Waals surface area (Å²) in [5, 5.41) is 0. The highest BCUT2D eigenvalue weighted by atomic mass is 16.5. The Morgan fingerprint density at radius 2 is 0.949 bits per heavy atom. The van der Waals surface area contributed by atoms with E-state index in [4.69, 9.17) is 14.2 Å². The Kier molecular flexibility index (Phi) is 12.6. The molecule has 0 atom stereocenters. The van der Waals surface area contributed by atoms with Crippen molar-refractivity contribution in [1.82, 2.24) is 0 Å². The Balaban J connectivity index is 1.30. The molecule has 0 saturated carbocycles. The van der Waals surface area contributed by atoms with Gasteiger partial charge in [0, 0.05) is 12.2 Å². The lowest BCUT2D eigenvalue weighted by Gasteiger charge is -2.08. The van der Waals surface area contributed by atoms with Gasteiger partial charge in [-0.2, -0.15) is 0 Å². The first kappa shape index (κ1) is 29.4. The number of ether oxygens (including phenoxy) is 3. The summed E-state index contributed by atoms with van der Waals surface area (Å²) in [6.45, 7) is 7.93. The van der Waals surface area contributed by atoms with Crippen LogP contribution in [0.3, 0.4) is 0 Å². The Morgan fingerprint density at radius 1 is 0.538 bits per heavy atom. The molecule has 0 aliphatic rings. The average Bonchev–Trinajstić information content (AvgIpc) is 2.98. The van der Waals surface area contributed by atoms with Gasteiger partial charge in [-0.1, -0.05) is 61.7 Å². The van der Waals surface area contributed by atoms with Crippen LogP contribution in [0.15, 0.2) is 98.1 Å². The van der Waals surface area contributed by atoms with Gasteiger partial charge >= 0.3 is 11.9 Å². The number of esters is 2.